The number of sulfone groups is 1. The van der Waals surface area contributed by atoms with Crippen molar-refractivity contribution in [1.82, 2.24) is 15.0 Å². The minimum Gasteiger partial charge on any atom is -0.469 e. The molecule has 1 fully saturated rings. The van der Waals surface area contributed by atoms with Crippen molar-refractivity contribution in [3.8, 4) is 5.88 Å². The molecule has 0 aromatic carbocycles. The van der Waals surface area contributed by atoms with Crippen LogP contribution in [0.5, 0.6) is 5.88 Å². The first kappa shape index (κ1) is 25.3. The average molecular weight is 526 g/mol. The number of nitrogens with two attached hydrogens (primary N) is 1. The zero-order chi connectivity index (χ0) is 27.0. The molecule has 0 radical (unpaired) electrons. The highest BCUT2D eigenvalue weighted by Crippen LogP contribution is 2.39. The molecule has 0 amide bonds. The minimum absolute atomic E-state index is 0.0624. The summed E-state index contributed by atoms with van der Waals surface area (Å²) in [6.45, 7) is 11.2. The minimum atomic E-state index is -3.09. The van der Waals surface area contributed by atoms with Gasteiger partial charge in [-0.3, -0.25) is 0 Å². The molecular weight excluding hydrogens is 494 g/mol. The number of pyridine rings is 3. The zero-order valence-electron chi connectivity index (χ0n) is 21.7. The number of rotatable bonds is 5. The number of ether oxygens (including phenoxy) is 2. The lowest BCUT2D eigenvalue weighted by atomic mass is 9.84. The van der Waals surface area contributed by atoms with Crippen molar-refractivity contribution < 1.29 is 22.7 Å². The van der Waals surface area contributed by atoms with Gasteiger partial charge < -0.3 is 20.5 Å². The van der Waals surface area contributed by atoms with Crippen LogP contribution in [-0.2, 0) is 20.1 Å². The fourth-order valence-corrected chi connectivity index (χ4v) is 6.74. The Morgan fingerprint density at radius 1 is 1.11 bits per heavy atom. The number of fused-ring (bicyclic) bond motifs is 2. The van der Waals surface area contributed by atoms with E-state index in [9.17, 15) is 13.2 Å². The number of nitrogens with one attached hydrogen (secondary N) is 1. The molecule has 1 saturated heterocycles. The molecule has 37 heavy (non-hydrogen) atoms. The van der Waals surface area contributed by atoms with Crippen LogP contribution in [0.3, 0.4) is 0 Å². The Hall–Kier alpha value is -3.31. The lowest BCUT2D eigenvalue weighted by molar-refractivity contribution is -0.0189. The first-order valence-corrected chi connectivity index (χ1v) is 13.9. The van der Waals surface area contributed by atoms with E-state index in [0.29, 0.717) is 34.2 Å². The molecule has 1 atom stereocenters. The molecule has 0 saturated carbocycles. The molecule has 3 N–H and O–H groups in total. The number of hydrogen-bond donors (Lipinski definition) is 2. The Balaban J connectivity index is 1.52. The van der Waals surface area contributed by atoms with Crippen LogP contribution in [0, 0.1) is 0 Å². The third-order valence-corrected chi connectivity index (χ3v) is 9.13. The maximum Gasteiger partial charge on any atom is 0.340 e. The lowest BCUT2D eigenvalue weighted by Crippen LogP contribution is -2.56. The van der Waals surface area contributed by atoms with Crippen molar-refractivity contribution in [2.45, 2.75) is 64.2 Å². The summed E-state index contributed by atoms with van der Waals surface area (Å²) in [4.78, 5) is 26.1. The number of cyclic esters (lactones) is 1. The molecule has 2 aliphatic heterocycles. The monoisotopic (exact) mass is 525 g/mol. The van der Waals surface area contributed by atoms with Gasteiger partial charge in [-0.25, -0.2) is 28.2 Å². The van der Waals surface area contributed by atoms with Crippen molar-refractivity contribution in [1.29, 1.82) is 0 Å². The summed E-state index contributed by atoms with van der Waals surface area (Å²) < 4.78 is 35.1. The van der Waals surface area contributed by atoms with E-state index >= 15 is 0 Å². The SMILES string of the molecule is C[C@@H]1c2nc(Nc3cc4c(C(C)(C)N)cnc(OC5(C)CS(=O)(=O)C5)c4cn3)ccc2C(=O)OC1(C)C. The zero-order valence-corrected chi connectivity index (χ0v) is 22.6. The van der Waals surface area contributed by atoms with Crippen molar-refractivity contribution in [3.05, 3.63) is 47.4 Å². The molecule has 0 aliphatic carbocycles. The number of carbonyl (C=O) groups excluding carboxylic acids is 1. The molecule has 10 nitrogen and oxygen atoms in total. The fourth-order valence-electron chi connectivity index (χ4n) is 4.84. The molecule has 0 bridgehead atoms. The van der Waals surface area contributed by atoms with Gasteiger partial charge in [0.1, 0.15) is 22.8 Å². The smallest absolute Gasteiger partial charge is 0.340 e. The second-order valence-electron chi connectivity index (χ2n) is 11.4. The molecule has 0 unspecified atom stereocenters. The summed E-state index contributed by atoms with van der Waals surface area (Å²) in [6, 6.07) is 5.26. The van der Waals surface area contributed by atoms with Gasteiger partial charge in [0.05, 0.1) is 28.1 Å². The summed E-state index contributed by atoms with van der Waals surface area (Å²) in [7, 11) is -3.09. The first-order valence-electron chi connectivity index (χ1n) is 12.1. The predicted octanol–water partition coefficient (Wildman–Crippen LogP) is 3.58. The van der Waals surface area contributed by atoms with Crippen LogP contribution in [0.4, 0.5) is 11.6 Å². The maximum absolute atomic E-state index is 12.4. The van der Waals surface area contributed by atoms with Crippen molar-refractivity contribution in [3.63, 3.8) is 0 Å². The third-order valence-electron chi connectivity index (χ3n) is 7.03. The normalized spacial score (nSPS) is 21.5. The average Bonchev–Trinajstić information content (AvgIpc) is 2.75. The molecule has 5 heterocycles. The van der Waals surface area contributed by atoms with Gasteiger partial charge in [-0.1, -0.05) is 6.92 Å². The molecule has 2 aliphatic rings. The Kier molecular flexibility index (Phi) is 5.54. The van der Waals surface area contributed by atoms with Gasteiger partial charge in [-0.15, -0.1) is 0 Å². The molecule has 3 aromatic rings. The lowest BCUT2D eigenvalue weighted by Gasteiger charge is -2.37. The van der Waals surface area contributed by atoms with Crippen molar-refractivity contribution in [2.24, 2.45) is 5.73 Å². The second-order valence-corrected chi connectivity index (χ2v) is 13.4. The van der Waals surface area contributed by atoms with E-state index in [-0.39, 0.29) is 23.4 Å². The summed E-state index contributed by atoms with van der Waals surface area (Å²) in [5.41, 5.74) is 6.13. The Labute approximate surface area is 215 Å². The van der Waals surface area contributed by atoms with Crippen LogP contribution in [-0.4, -0.2) is 52.0 Å². The number of esters is 1. The van der Waals surface area contributed by atoms with Crippen LogP contribution in [0.15, 0.2) is 30.6 Å². The predicted molar refractivity (Wildman–Crippen MR) is 140 cm³/mol. The molecule has 196 valence electrons. The first-order chi connectivity index (χ1) is 17.1. The number of carbonyl (C=O) groups is 1. The topological polar surface area (TPSA) is 146 Å². The summed E-state index contributed by atoms with van der Waals surface area (Å²) in [5, 5.41) is 4.64. The van der Waals surface area contributed by atoms with E-state index in [4.69, 9.17) is 20.2 Å². The van der Waals surface area contributed by atoms with Crippen LogP contribution >= 0.6 is 0 Å². The Morgan fingerprint density at radius 2 is 1.81 bits per heavy atom. The number of aromatic nitrogens is 3. The summed E-state index contributed by atoms with van der Waals surface area (Å²) in [5.74, 6) is 0.753. The summed E-state index contributed by atoms with van der Waals surface area (Å²) >= 11 is 0. The van der Waals surface area contributed by atoms with E-state index in [2.05, 4.69) is 15.3 Å². The summed E-state index contributed by atoms with van der Waals surface area (Å²) in [6.07, 6.45) is 3.29. The molecule has 3 aromatic heterocycles. The van der Waals surface area contributed by atoms with Crippen molar-refractivity contribution in [2.75, 3.05) is 16.8 Å². The van der Waals surface area contributed by atoms with Crippen LogP contribution < -0.4 is 15.8 Å². The Morgan fingerprint density at radius 3 is 2.46 bits per heavy atom. The molecular formula is C26H31N5O5S. The van der Waals surface area contributed by atoms with Crippen molar-refractivity contribution >= 4 is 38.2 Å². The quantitative estimate of drug-likeness (QED) is 0.474. The van der Waals surface area contributed by atoms with Crippen LogP contribution in [0.1, 0.15) is 69.1 Å². The number of nitrogens with zero attached hydrogens (tertiary/aromatic N) is 3. The van der Waals surface area contributed by atoms with Gasteiger partial charge in [0, 0.05) is 23.9 Å². The van der Waals surface area contributed by atoms with Gasteiger partial charge in [-0.05, 0) is 63.8 Å². The van der Waals surface area contributed by atoms with Gasteiger partial charge in [0.2, 0.25) is 5.88 Å². The molecule has 11 heteroatoms. The highest BCUT2D eigenvalue weighted by Gasteiger charge is 2.47. The number of hydrogen-bond acceptors (Lipinski definition) is 10. The Bertz CT molecular complexity index is 1530. The molecule has 5 rings (SSSR count). The van der Waals surface area contributed by atoms with E-state index in [1.165, 1.54) is 0 Å². The van der Waals surface area contributed by atoms with Gasteiger partial charge in [-0.2, -0.15) is 0 Å². The van der Waals surface area contributed by atoms with Gasteiger partial charge in [0.25, 0.3) is 0 Å². The van der Waals surface area contributed by atoms with Crippen LogP contribution in [0.25, 0.3) is 10.8 Å². The van der Waals surface area contributed by atoms with E-state index in [1.54, 1.807) is 31.5 Å². The number of anilines is 2. The largest absolute Gasteiger partial charge is 0.469 e. The van der Waals surface area contributed by atoms with E-state index in [0.717, 1.165) is 10.9 Å². The van der Waals surface area contributed by atoms with E-state index < -0.39 is 26.6 Å². The fraction of sp³-hybridized carbons (Fsp3) is 0.462. The van der Waals surface area contributed by atoms with E-state index in [1.807, 2.05) is 40.7 Å². The van der Waals surface area contributed by atoms with Gasteiger partial charge in [0.15, 0.2) is 9.84 Å². The van der Waals surface area contributed by atoms with Gasteiger partial charge >= 0.3 is 5.97 Å². The highest BCUT2D eigenvalue weighted by molar-refractivity contribution is 7.93. The maximum atomic E-state index is 12.4. The highest BCUT2D eigenvalue weighted by atomic mass is 32.2. The second kappa shape index (κ2) is 8.09. The third kappa shape index (κ3) is 4.61. The molecule has 0 spiro atoms. The van der Waals surface area contributed by atoms with Crippen LogP contribution in [0.2, 0.25) is 0 Å². The standard InChI is InChI=1S/C26H31N5O5S/c1-14-21-15(23(32)36-25(14,4)5)7-8-19(31-21)30-20-9-16-17(10-28-20)22(29-11-18(16)24(2,3)27)35-26(6)12-37(33,34)13-26/h7-11,14H,12-13,27H2,1-6H3,(H,28,30,31)/t14-/m1/s1.